The molecule has 3 heteroatoms. The number of aryl methyl sites for hydroxylation is 1. The molecule has 0 atom stereocenters. The lowest BCUT2D eigenvalue weighted by Gasteiger charge is -2.24. The van der Waals surface area contributed by atoms with Gasteiger partial charge in [0.1, 0.15) is 5.82 Å². The van der Waals surface area contributed by atoms with Crippen LogP contribution in [0.15, 0.2) is 0 Å². The Balaban J connectivity index is 1.90. The van der Waals surface area contributed by atoms with Crippen LogP contribution in [0.3, 0.4) is 0 Å². The SMILES string of the molecule is N#CCCc1nc(C2CCCCC2)n2c1CCCC2. The Labute approximate surface area is 115 Å². The molecule has 1 aliphatic carbocycles. The van der Waals surface area contributed by atoms with Crippen molar-refractivity contribution in [1.82, 2.24) is 9.55 Å². The zero-order valence-electron chi connectivity index (χ0n) is 11.7. The number of nitriles is 1. The molecule has 102 valence electrons. The lowest BCUT2D eigenvalue weighted by Crippen LogP contribution is -2.17. The van der Waals surface area contributed by atoms with Gasteiger partial charge in [-0.05, 0) is 32.1 Å². The number of aromatic nitrogens is 2. The fraction of sp³-hybridized carbons (Fsp3) is 0.750. The molecule has 1 aliphatic heterocycles. The van der Waals surface area contributed by atoms with E-state index in [2.05, 4.69) is 10.6 Å². The van der Waals surface area contributed by atoms with Crippen LogP contribution in [0.5, 0.6) is 0 Å². The number of hydrogen-bond acceptors (Lipinski definition) is 2. The summed E-state index contributed by atoms with van der Waals surface area (Å²) >= 11 is 0. The first-order chi connectivity index (χ1) is 9.40. The maximum Gasteiger partial charge on any atom is 0.112 e. The van der Waals surface area contributed by atoms with Gasteiger partial charge in [0.2, 0.25) is 0 Å². The molecule has 0 saturated heterocycles. The van der Waals surface area contributed by atoms with Crippen molar-refractivity contribution in [3.63, 3.8) is 0 Å². The Morgan fingerprint density at radius 3 is 2.79 bits per heavy atom. The largest absolute Gasteiger partial charge is 0.332 e. The van der Waals surface area contributed by atoms with Crippen LogP contribution in [0.2, 0.25) is 0 Å². The van der Waals surface area contributed by atoms with Crippen LogP contribution >= 0.6 is 0 Å². The minimum Gasteiger partial charge on any atom is -0.332 e. The van der Waals surface area contributed by atoms with Gasteiger partial charge in [0.05, 0.1) is 11.8 Å². The zero-order chi connectivity index (χ0) is 13.1. The first kappa shape index (κ1) is 12.7. The zero-order valence-corrected chi connectivity index (χ0v) is 11.7. The van der Waals surface area contributed by atoms with E-state index in [1.165, 1.54) is 68.6 Å². The molecule has 1 aromatic heterocycles. The van der Waals surface area contributed by atoms with Crippen molar-refractivity contribution >= 4 is 0 Å². The number of fused-ring (bicyclic) bond motifs is 1. The molecule has 0 spiro atoms. The van der Waals surface area contributed by atoms with Gasteiger partial charge in [-0.2, -0.15) is 5.26 Å². The Morgan fingerprint density at radius 2 is 2.00 bits per heavy atom. The topological polar surface area (TPSA) is 41.6 Å². The van der Waals surface area contributed by atoms with Gasteiger partial charge in [0.15, 0.2) is 0 Å². The lowest BCUT2D eigenvalue weighted by atomic mass is 9.88. The molecule has 1 aromatic rings. The minimum atomic E-state index is 0.605. The third-order valence-electron chi connectivity index (χ3n) is 4.67. The van der Waals surface area contributed by atoms with Crippen molar-refractivity contribution < 1.29 is 0 Å². The predicted molar refractivity (Wildman–Crippen MR) is 74.9 cm³/mol. The third kappa shape index (κ3) is 2.54. The van der Waals surface area contributed by atoms with Crippen molar-refractivity contribution in [2.24, 2.45) is 0 Å². The van der Waals surface area contributed by atoms with E-state index in [9.17, 15) is 0 Å². The van der Waals surface area contributed by atoms with Crippen LogP contribution in [0, 0.1) is 11.3 Å². The Morgan fingerprint density at radius 1 is 1.16 bits per heavy atom. The highest BCUT2D eigenvalue weighted by atomic mass is 15.1. The third-order valence-corrected chi connectivity index (χ3v) is 4.67. The standard InChI is InChI=1S/C16H23N3/c17-11-6-9-14-15-10-4-5-12-19(15)16(18-14)13-7-2-1-3-8-13/h13H,1-10,12H2. The first-order valence-electron chi connectivity index (χ1n) is 7.85. The maximum atomic E-state index is 8.80. The van der Waals surface area contributed by atoms with Crippen molar-refractivity contribution in [1.29, 1.82) is 5.26 Å². The molecule has 0 amide bonds. The first-order valence-corrected chi connectivity index (χ1v) is 7.85. The monoisotopic (exact) mass is 257 g/mol. The molecular formula is C16H23N3. The van der Waals surface area contributed by atoms with Gasteiger partial charge in [-0.3, -0.25) is 0 Å². The highest BCUT2D eigenvalue weighted by molar-refractivity contribution is 5.22. The van der Waals surface area contributed by atoms with E-state index in [1.807, 2.05) is 0 Å². The molecule has 2 heterocycles. The summed E-state index contributed by atoms with van der Waals surface area (Å²) in [6.45, 7) is 1.15. The van der Waals surface area contributed by atoms with Gasteiger partial charge in [-0.1, -0.05) is 19.3 Å². The van der Waals surface area contributed by atoms with Crippen LogP contribution in [0.25, 0.3) is 0 Å². The average molecular weight is 257 g/mol. The fourth-order valence-electron chi connectivity index (χ4n) is 3.70. The second kappa shape index (κ2) is 5.77. The van der Waals surface area contributed by atoms with E-state index in [4.69, 9.17) is 10.2 Å². The van der Waals surface area contributed by atoms with E-state index in [1.54, 1.807) is 0 Å². The summed E-state index contributed by atoms with van der Waals surface area (Å²) in [5, 5.41) is 8.80. The molecule has 0 N–H and O–H groups in total. The highest BCUT2D eigenvalue weighted by Crippen LogP contribution is 2.35. The molecule has 1 fully saturated rings. The molecule has 0 bridgehead atoms. The maximum absolute atomic E-state index is 8.80. The molecule has 3 rings (SSSR count). The Kier molecular flexibility index (Phi) is 3.87. The number of hydrogen-bond donors (Lipinski definition) is 0. The van der Waals surface area contributed by atoms with Gasteiger partial charge < -0.3 is 4.57 Å². The average Bonchev–Trinajstić information content (AvgIpc) is 2.85. The van der Waals surface area contributed by atoms with Gasteiger partial charge in [-0.25, -0.2) is 4.98 Å². The van der Waals surface area contributed by atoms with E-state index in [-0.39, 0.29) is 0 Å². The predicted octanol–water partition coefficient (Wildman–Crippen LogP) is 3.72. The Hall–Kier alpha value is -1.30. The van der Waals surface area contributed by atoms with E-state index in [0.717, 1.165) is 13.0 Å². The fourth-order valence-corrected chi connectivity index (χ4v) is 3.70. The van der Waals surface area contributed by atoms with Gasteiger partial charge in [0, 0.05) is 31.0 Å². The summed E-state index contributed by atoms with van der Waals surface area (Å²) in [7, 11) is 0. The van der Waals surface area contributed by atoms with Crippen LogP contribution in [0.1, 0.15) is 74.5 Å². The van der Waals surface area contributed by atoms with Crippen LogP contribution < -0.4 is 0 Å². The molecule has 2 aliphatic rings. The van der Waals surface area contributed by atoms with Crippen molar-refractivity contribution in [3.8, 4) is 6.07 Å². The summed E-state index contributed by atoms with van der Waals surface area (Å²) < 4.78 is 2.51. The van der Waals surface area contributed by atoms with E-state index in [0.29, 0.717) is 12.3 Å². The molecule has 0 radical (unpaired) electrons. The van der Waals surface area contributed by atoms with Gasteiger partial charge in [-0.15, -0.1) is 0 Å². The minimum absolute atomic E-state index is 0.605. The number of nitrogens with zero attached hydrogens (tertiary/aromatic N) is 3. The summed E-state index contributed by atoms with van der Waals surface area (Å²) in [6.07, 6.45) is 11.9. The van der Waals surface area contributed by atoms with Crippen LogP contribution in [-0.2, 0) is 19.4 Å². The van der Waals surface area contributed by atoms with Crippen molar-refractivity contribution in [2.75, 3.05) is 0 Å². The second-order valence-electron chi connectivity index (χ2n) is 5.97. The van der Waals surface area contributed by atoms with Gasteiger partial charge >= 0.3 is 0 Å². The molecule has 3 nitrogen and oxygen atoms in total. The highest BCUT2D eigenvalue weighted by Gasteiger charge is 2.26. The van der Waals surface area contributed by atoms with Crippen molar-refractivity contribution in [3.05, 3.63) is 17.2 Å². The van der Waals surface area contributed by atoms with Gasteiger partial charge in [0.25, 0.3) is 0 Å². The lowest BCUT2D eigenvalue weighted by molar-refractivity contribution is 0.403. The quantitative estimate of drug-likeness (QED) is 0.828. The second-order valence-corrected chi connectivity index (χ2v) is 5.97. The van der Waals surface area contributed by atoms with Crippen LogP contribution in [-0.4, -0.2) is 9.55 Å². The normalized spacial score (nSPS) is 19.9. The van der Waals surface area contributed by atoms with E-state index < -0.39 is 0 Å². The summed E-state index contributed by atoms with van der Waals surface area (Å²) in [5.74, 6) is 2.03. The molecule has 19 heavy (non-hydrogen) atoms. The molecule has 1 saturated carbocycles. The summed E-state index contributed by atoms with van der Waals surface area (Å²) in [5.41, 5.74) is 2.67. The molecule has 0 aromatic carbocycles. The summed E-state index contributed by atoms with van der Waals surface area (Å²) in [4.78, 5) is 4.96. The van der Waals surface area contributed by atoms with Crippen LogP contribution in [0.4, 0.5) is 0 Å². The smallest absolute Gasteiger partial charge is 0.112 e. The number of imidazole rings is 1. The number of rotatable bonds is 3. The summed E-state index contributed by atoms with van der Waals surface area (Å²) in [6, 6.07) is 2.26. The van der Waals surface area contributed by atoms with Crippen molar-refractivity contribution in [2.45, 2.75) is 76.7 Å². The molecular weight excluding hydrogens is 234 g/mol. The van der Waals surface area contributed by atoms with E-state index >= 15 is 0 Å². The molecule has 0 unspecified atom stereocenters. The Bertz CT molecular complexity index is 475.